The molecule has 1 fully saturated rings. The predicted molar refractivity (Wildman–Crippen MR) is 317 cm³/mol. The van der Waals surface area contributed by atoms with Crippen LogP contribution in [-0.4, -0.2) is 114 Å². The Morgan fingerprint density at radius 3 is 1.47 bits per heavy atom. The summed E-state index contributed by atoms with van der Waals surface area (Å²) in [5.74, 6) is -5.43. The van der Waals surface area contributed by atoms with Gasteiger partial charge in [-0.15, -0.1) is 0 Å². The fraction of sp³-hybridized carbons (Fsp3) is 0.373. The number of unbranched alkanes of at least 4 members (excludes halogenated alkanes) is 4. The number of rotatable bonds is 36. The Bertz CT molecular complexity index is 2980. The van der Waals surface area contributed by atoms with Crippen LogP contribution >= 0.6 is 0 Å². The Morgan fingerprint density at radius 1 is 0.500 bits per heavy atom. The van der Waals surface area contributed by atoms with E-state index in [4.69, 9.17) is 37.9 Å². The molecule has 5 N–H and O–H groups in total. The van der Waals surface area contributed by atoms with Gasteiger partial charge in [0.15, 0.2) is 6.10 Å². The van der Waals surface area contributed by atoms with Crippen LogP contribution in [0.4, 0.5) is 0 Å². The SMILES string of the molecule is CCCCCCCOc1ccc(OC[C@@H](NC(=O)[C@@H]2O[C@@H](CO)[C@@H](OCc3ccccc3)[C@@H](OCc3ccccc3)[C@@H]2OCc2ccccc2)C(=O)N[C@@H](CC(=O)O)C(=O)N[C@@H](CCC(=O)OCc2ccccc2)C(=O)OCc2ccccc2)cc1. The van der Waals surface area contributed by atoms with E-state index in [-0.39, 0.29) is 51.6 Å². The molecule has 3 amide bonds. The van der Waals surface area contributed by atoms with Gasteiger partial charge in [-0.2, -0.15) is 0 Å². The molecule has 1 aliphatic heterocycles. The molecule has 0 unspecified atom stereocenters. The molecule has 456 valence electrons. The van der Waals surface area contributed by atoms with Gasteiger partial charge in [-0.05, 0) is 64.9 Å². The summed E-state index contributed by atoms with van der Waals surface area (Å²) >= 11 is 0. The zero-order valence-electron chi connectivity index (χ0n) is 48.3. The number of hydrogen-bond acceptors (Lipinski definition) is 15. The van der Waals surface area contributed by atoms with E-state index in [1.807, 2.05) is 97.1 Å². The quantitative estimate of drug-likeness (QED) is 0.0184. The first-order chi connectivity index (χ1) is 42.0. The fourth-order valence-corrected chi connectivity index (χ4v) is 9.37. The normalized spacial score (nSPS) is 17.4. The first-order valence-corrected chi connectivity index (χ1v) is 29.1. The first kappa shape index (κ1) is 65.1. The minimum absolute atomic E-state index is 0.0347. The monoisotopic (exact) mass is 1180 g/mol. The molecule has 8 atom stereocenters. The van der Waals surface area contributed by atoms with Crippen LogP contribution in [0.5, 0.6) is 11.5 Å². The lowest BCUT2D eigenvalue weighted by Crippen LogP contribution is -2.66. The second-order valence-electron chi connectivity index (χ2n) is 20.7. The lowest BCUT2D eigenvalue weighted by molar-refractivity contribution is -0.265. The summed E-state index contributed by atoms with van der Waals surface area (Å²) in [6.45, 7) is 1.27. The van der Waals surface area contributed by atoms with Crippen LogP contribution < -0.4 is 25.4 Å². The van der Waals surface area contributed by atoms with E-state index in [1.54, 1.807) is 78.9 Å². The largest absolute Gasteiger partial charge is 0.494 e. The van der Waals surface area contributed by atoms with Crippen LogP contribution in [0.1, 0.15) is 86.1 Å². The summed E-state index contributed by atoms with van der Waals surface area (Å²) in [5.41, 5.74) is 3.69. The molecule has 0 aliphatic carbocycles. The van der Waals surface area contributed by atoms with Gasteiger partial charge in [-0.3, -0.25) is 24.0 Å². The number of hydrogen-bond donors (Lipinski definition) is 5. The second-order valence-corrected chi connectivity index (χ2v) is 20.7. The highest BCUT2D eigenvalue weighted by Crippen LogP contribution is 2.31. The average Bonchev–Trinajstić information content (AvgIpc) is 3.03. The lowest BCUT2D eigenvalue weighted by atomic mass is 9.93. The molecule has 6 aromatic carbocycles. The number of nitrogens with one attached hydrogen (secondary N) is 3. The van der Waals surface area contributed by atoms with Gasteiger partial charge in [0.05, 0.1) is 39.5 Å². The van der Waals surface area contributed by atoms with Gasteiger partial charge in [0.1, 0.15) is 73.9 Å². The number of esters is 2. The van der Waals surface area contributed by atoms with Crippen LogP contribution in [0, 0.1) is 0 Å². The number of carboxylic acid groups (broad SMARTS) is 1. The number of aliphatic carboxylic acids is 1. The Kier molecular flexibility index (Phi) is 27.1. The molecule has 1 aliphatic rings. The summed E-state index contributed by atoms with van der Waals surface area (Å²) in [6.07, 6.45) is -2.56. The van der Waals surface area contributed by atoms with Crippen molar-refractivity contribution in [1.82, 2.24) is 16.0 Å². The van der Waals surface area contributed by atoms with Gasteiger partial charge in [0, 0.05) is 6.42 Å². The molecule has 0 radical (unpaired) electrons. The molecule has 19 nitrogen and oxygen atoms in total. The predicted octanol–water partition coefficient (Wildman–Crippen LogP) is 8.13. The Hall–Kier alpha value is -8.46. The molecule has 0 saturated carbocycles. The Morgan fingerprint density at radius 2 is 0.953 bits per heavy atom. The van der Waals surface area contributed by atoms with Crippen LogP contribution in [0.25, 0.3) is 0 Å². The molecule has 7 rings (SSSR count). The van der Waals surface area contributed by atoms with E-state index >= 15 is 4.79 Å². The molecular formula is C67H77N3O16. The number of aliphatic hydroxyl groups is 1. The molecule has 1 saturated heterocycles. The summed E-state index contributed by atoms with van der Waals surface area (Å²) in [5, 5.41) is 28.9. The van der Waals surface area contributed by atoms with E-state index < -0.39 is 104 Å². The molecule has 19 heteroatoms. The number of ether oxygens (including phenoxy) is 8. The van der Waals surface area contributed by atoms with Crippen molar-refractivity contribution < 1.29 is 76.9 Å². The Balaban J connectivity index is 1.15. The second kappa shape index (κ2) is 35.7. The average molecular weight is 1180 g/mol. The standard InChI is InChI=1S/C67H77N3O16/c1-2-3-4-5-21-38-79-52-32-34-53(35-33-52)80-46-56(65(76)69-55(39-58(72)73)64(75)68-54(67(78)85-45-51-30-19-10-20-31-51)36-37-59(74)81-41-47-22-11-6-12-23-47)70-66(77)63-62(84-44-50-28-17-9-18-29-50)61(83-43-49-26-15-8-16-27-49)60(57(40-71)86-63)82-42-48-24-13-7-14-25-48/h6-20,22-35,54-57,60-63,71H,2-5,21,36-46H2,1H3,(H,68,75)(H,69,76)(H,70,77)(H,72,73)/t54-,55-,56+,57-,60+,61+,62-,63+/m0/s1. The zero-order valence-corrected chi connectivity index (χ0v) is 48.3. The maximum absolute atomic E-state index is 15.2. The van der Waals surface area contributed by atoms with Crippen molar-refractivity contribution in [2.24, 2.45) is 0 Å². The summed E-state index contributed by atoms with van der Waals surface area (Å²) < 4.78 is 49.4. The molecule has 0 spiro atoms. The van der Waals surface area contributed by atoms with Crippen LogP contribution in [-0.2, 0) is 90.2 Å². The van der Waals surface area contributed by atoms with Gasteiger partial charge < -0.3 is 64.1 Å². The highest BCUT2D eigenvalue weighted by molar-refractivity contribution is 5.96. The number of benzene rings is 6. The summed E-state index contributed by atoms with van der Waals surface area (Å²) in [6, 6.07) is 47.0. The number of carbonyl (C=O) groups is 6. The van der Waals surface area contributed by atoms with Crippen LogP contribution in [0.2, 0.25) is 0 Å². The number of aliphatic hydroxyl groups excluding tert-OH is 1. The van der Waals surface area contributed by atoms with Crippen LogP contribution in [0.3, 0.4) is 0 Å². The van der Waals surface area contributed by atoms with Crippen molar-refractivity contribution >= 4 is 35.6 Å². The Labute approximate surface area is 501 Å². The third kappa shape index (κ3) is 21.9. The lowest BCUT2D eigenvalue weighted by Gasteiger charge is -2.45. The molecule has 0 bridgehead atoms. The van der Waals surface area contributed by atoms with E-state index in [1.165, 1.54) is 0 Å². The highest BCUT2D eigenvalue weighted by Gasteiger charge is 2.51. The van der Waals surface area contributed by atoms with E-state index in [2.05, 4.69) is 22.9 Å². The maximum Gasteiger partial charge on any atom is 0.328 e. The summed E-state index contributed by atoms with van der Waals surface area (Å²) in [7, 11) is 0. The van der Waals surface area contributed by atoms with Crippen molar-refractivity contribution in [3.8, 4) is 11.5 Å². The van der Waals surface area contributed by atoms with E-state index in [9.17, 15) is 34.2 Å². The van der Waals surface area contributed by atoms with Crippen molar-refractivity contribution in [3.05, 3.63) is 204 Å². The molecule has 6 aromatic rings. The summed E-state index contributed by atoms with van der Waals surface area (Å²) in [4.78, 5) is 83.7. The smallest absolute Gasteiger partial charge is 0.328 e. The van der Waals surface area contributed by atoms with Gasteiger partial charge in [-0.25, -0.2) is 4.79 Å². The molecule has 1 heterocycles. The number of carboxylic acids is 1. The van der Waals surface area contributed by atoms with Crippen molar-refractivity contribution in [2.75, 3.05) is 19.8 Å². The minimum atomic E-state index is -1.88. The van der Waals surface area contributed by atoms with Gasteiger partial charge >= 0.3 is 17.9 Å². The van der Waals surface area contributed by atoms with Gasteiger partial charge in [0.25, 0.3) is 5.91 Å². The van der Waals surface area contributed by atoms with Gasteiger partial charge in [0.2, 0.25) is 11.8 Å². The van der Waals surface area contributed by atoms with E-state index in [0.717, 1.165) is 54.4 Å². The topological polar surface area (TPSA) is 253 Å². The molecular weight excluding hydrogens is 1100 g/mol. The van der Waals surface area contributed by atoms with Crippen molar-refractivity contribution in [1.29, 1.82) is 0 Å². The van der Waals surface area contributed by atoms with Gasteiger partial charge in [-0.1, -0.05) is 184 Å². The minimum Gasteiger partial charge on any atom is -0.494 e. The number of carbonyl (C=O) groups excluding carboxylic acids is 5. The third-order valence-corrected chi connectivity index (χ3v) is 14.0. The maximum atomic E-state index is 15.2. The fourth-order valence-electron chi connectivity index (χ4n) is 9.37. The first-order valence-electron chi connectivity index (χ1n) is 29.1. The van der Waals surface area contributed by atoms with Crippen molar-refractivity contribution in [2.45, 2.75) is 140 Å². The van der Waals surface area contributed by atoms with Crippen LogP contribution in [0.15, 0.2) is 176 Å². The number of amides is 3. The third-order valence-electron chi connectivity index (χ3n) is 14.0. The highest BCUT2D eigenvalue weighted by atomic mass is 16.6. The van der Waals surface area contributed by atoms with E-state index in [0.29, 0.717) is 17.9 Å². The molecule has 86 heavy (non-hydrogen) atoms. The zero-order chi connectivity index (χ0) is 60.7. The van der Waals surface area contributed by atoms with Crippen molar-refractivity contribution in [3.63, 3.8) is 0 Å². The molecule has 0 aromatic heterocycles.